The number of anilines is 2. The molecule has 0 saturated heterocycles. The molecule has 1 atom stereocenters. The van der Waals surface area contributed by atoms with Crippen LogP contribution in [0.2, 0.25) is 0 Å². The van der Waals surface area contributed by atoms with E-state index in [1.165, 1.54) is 0 Å². The van der Waals surface area contributed by atoms with Crippen LogP contribution in [0.3, 0.4) is 0 Å². The highest BCUT2D eigenvalue weighted by Gasteiger charge is 2.57. The molecule has 2 aromatic carbocycles. The Kier molecular flexibility index (Phi) is 3.53. The van der Waals surface area contributed by atoms with E-state index in [1.54, 1.807) is 11.9 Å². The van der Waals surface area contributed by atoms with Crippen molar-refractivity contribution in [3.05, 3.63) is 60.2 Å². The molecule has 126 valence electrons. The summed E-state index contributed by atoms with van der Waals surface area (Å²) in [6.07, 6.45) is 0.170. The quantitative estimate of drug-likeness (QED) is 0.876. The van der Waals surface area contributed by atoms with Gasteiger partial charge in [-0.3, -0.25) is 4.79 Å². The SMILES string of the molecule is CCOC(=O)C1=NN(c2ccccc2)[C@@]2(C1)C(=O)Nc1ccccc12. The average molecular weight is 335 g/mol. The number of esters is 1. The lowest BCUT2D eigenvalue weighted by Gasteiger charge is -2.32. The Morgan fingerprint density at radius 2 is 1.92 bits per heavy atom. The van der Waals surface area contributed by atoms with E-state index in [1.807, 2.05) is 54.6 Å². The second-order valence-corrected chi connectivity index (χ2v) is 5.95. The average Bonchev–Trinajstić information content (AvgIpc) is 3.17. The number of nitrogens with one attached hydrogen (secondary N) is 1. The summed E-state index contributed by atoms with van der Waals surface area (Å²) >= 11 is 0. The predicted octanol–water partition coefficient (Wildman–Crippen LogP) is 2.66. The van der Waals surface area contributed by atoms with Gasteiger partial charge in [0.25, 0.3) is 5.91 Å². The van der Waals surface area contributed by atoms with Crippen LogP contribution in [0, 0.1) is 0 Å². The maximum Gasteiger partial charge on any atom is 0.354 e. The maximum atomic E-state index is 13.0. The van der Waals surface area contributed by atoms with Crippen LogP contribution in [0.1, 0.15) is 18.9 Å². The zero-order valence-electron chi connectivity index (χ0n) is 13.7. The largest absolute Gasteiger partial charge is 0.461 e. The fraction of sp³-hybridized carbons (Fsp3) is 0.211. The highest BCUT2D eigenvalue weighted by atomic mass is 16.5. The molecule has 0 unspecified atom stereocenters. The molecule has 1 amide bonds. The molecule has 25 heavy (non-hydrogen) atoms. The highest BCUT2D eigenvalue weighted by Crippen LogP contribution is 2.48. The van der Waals surface area contributed by atoms with Gasteiger partial charge in [0.15, 0.2) is 5.54 Å². The molecule has 0 radical (unpaired) electrons. The van der Waals surface area contributed by atoms with E-state index < -0.39 is 11.5 Å². The molecule has 0 fully saturated rings. The number of benzene rings is 2. The van der Waals surface area contributed by atoms with Gasteiger partial charge < -0.3 is 10.1 Å². The number of ether oxygens (including phenoxy) is 1. The number of rotatable bonds is 3. The van der Waals surface area contributed by atoms with E-state index in [0.717, 1.165) is 16.9 Å². The highest BCUT2D eigenvalue weighted by molar-refractivity contribution is 6.39. The molecule has 0 aliphatic carbocycles. The van der Waals surface area contributed by atoms with Gasteiger partial charge in [-0.25, -0.2) is 9.80 Å². The standard InChI is InChI=1S/C19H17N3O3/c1-2-25-17(23)16-12-19(22(21-16)13-8-4-3-5-9-13)14-10-6-7-11-15(14)20-18(19)24/h3-11H,2,12H2,1H3,(H,20,24)/t19-/m1/s1. The van der Waals surface area contributed by atoms with Crippen LogP contribution < -0.4 is 10.3 Å². The summed E-state index contributed by atoms with van der Waals surface area (Å²) in [4.78, 5) is 25.3. The Balaban J connectivity index is 1.87. The first-order chi connectivity index (χ1) is 12.2. The zero-order valence-corrected chi connectivity index (χ0v) is 13.7. The van der Waals surface area contributed by atoms with Gasteiger partial charge in [-0.1, -0.05) is 36.4 Å². The second kappa shape index (κ2) is 5.73. The third-order valence-electron chi connectivity index (χ3n) is 4.51. The van der Waals surface area contributed by atoms with E-state index in [2.05, 4.69) is 10.4 Å². The van der Waals surface area contributed by atoms with Crippen molar-refractivity contribution < 1.29 is 14.3 Å². The minimum Gasteiger partial charge on any atom is -0.461 e. The summed E-state index contributed by atoms with van der Waals surface area (Å²) in [5.41, 5.74) is 1.48. The number of hydrazone groups is 1. The summed E-state index contributed by atoms with van der Waals surface area (Å²) in [7, 11) is 0. The van der Waals surface area contributed by atoms with Gasteiger partial charge in [-0.15, -0.1) is 0 Å². The first-order valence-electron chi connectivity index (χ1n) is 8.17. The molecular weight excluding hydrogens is 318 g/mol. The topological polar surface area (TPSA) is 71.0 Å². The van der Waals surface area contributed by atoms with Gasteiger partial charge in [0.2, 0.25) is 0 Å². The fourth-order valence-corrected chi connectivity index (χ4v) is 3.42. The van der Waals surface area contributed by atoms with Gasteiger partial charge in [0, 0.05) is 17.7 Å². The lowest BCUT2D eigenvalue weighted by molar-refractivity contribution is -0.135. The Morgan fingerprint density at radius 3 is 2.68 bits per heavy atom. The van der Waals surface area contributed by atoms with Crippen LogP contribution >= 0.6 is 0 Å². The van der Waals surface area contributed by atoms with Gasteiger partial charge in [-0.2, -0.15) is 5.10 Å². The molecule has 2 aromatic rings. The van der Waals surface area contributed by atoms with Crippen molar-refractivity contribution >= 4 is 29.0 Å². The van der Waals surface area contributed by atoms with Gasteiger partial charge in [-0.05, 0) is 25.1 Å². The Hall–Kier alpha value is -3.15. The molecule has 1 spiro atoms. The molecule has 6 nitrogen and oxygen atoms in total. The van der Waals surface area contributed by atoms with Crippen LogP contribution in [0.25, 0.3) is 0 Å². The van der Waals surface area contributed by atoms with Crippen molar-refractivity contribution in [3.63, 3.8) is 0 Å². The Bertz CT molecular complexity index is 878. The molecular formula is C19H17N3O3. The summed E-state index contributed by atoms with van der Waals surface area (Å²) in [6, 6.07) is 16.9. The molecule has 6 heteroatoms. The van der Waals surface area contributed by atoms with E-state index in [4.69, 9.17) is 4.74 Å². The number of carbonyl (C=O) groups is 2. The number of hydrogen-bond donors (Lipinski definition) is 1. The Labute approximate surface area is 145 Å². The van der Waals surface area contributed by atoms with E-state index >= 15 is 0 Å². The van der Waals surface area contributed by atoms with E-state index in [0.29, 0.717) is 0 Å². The number of nitrogens with zero attached hydrogens (tertiary/aromatic N) is 2. The van der Waals surface area contributed by atoms with Crippen LogP contribution in [0.4, 0.5) is 11.4 Å². The molecule has 1 N–H and O–H groups in total. The minimum atomic E-state index is -1.07. The molecule has 0 saturated carbocycles. The van der Waals surface area contributed by atoms with Crippen LogP contribution in [-0.2, 0) is 19.9 Å². The normalized spacial score (nSPS) is 21.1. The predicted molar refractivity (Wildman–Crippen MR) is 94.4 cm³/mol. The second-order valence-electron chi connectivity index (χ2n) is 5.95. The molecule has 4 rings (SSSR count). The van der Waals surface area contributed by atoms with Gasteiger partial charge in [0.05, 0.1) is 12.3 Å². The van der Waals surface area contributed by atoms with Gasteiger partial charge in [0.1, 0.15) is 5.71 Å². The molecule has 2 heterocycles. The summed E-state index contributed by atoms with van der Waals surface area (Å²) in [6.45, 7) is 2.01. The summed E-state index contributed by atoms with van der Waals surface area (Å²) < 4.78 is 5.11. The first kappa shape index (κ1) is 15.4. The smallest absolute Gasteiger partial charge is 0.354 e. The summed E-state index contributed by atoms with van der Waals surface area (Å²) in [5, 5.41) is 9.03. The Morgan fingerprint density at radius 1 is 1.20 bits per heavy atom. The number of para-hydroxylation sites is 2. The van der Waals surface area contributed by atoms with Crippen molar-refractivity contribution in [2.45, 2.75) is 18.9 Å². The van der Waals surface area contributed by atoms with Crippen molar-refractivity contribution in [1.29, 1.82) is 0 Å². The summed E-state index contributed by atoms with van der Waals surface area (Å²) in [5.74, 6) is -0.682. The third kappa shape index (κ3) is 2.21. The number of carbonyl (C=O) groups excluding carboxylic acids is 2. The molecule has 0 aromatic heterocycles. The van der Waals surface area contributed by atoms with Crippen LogP contribution in [-0.4, -0.2) is 24.2 Å². The van der Waals surface area contributed by atoms with Crippen molar-refractivity contribution in [3.8, 4) is 0 Å². The number of amides is 1. The third-order valence-corrected chi connectivity index (χ3v) is 4.51. The van der Waals surface area contributed by atoms with Crippen LogP contribution in [0.5, 0.6) is 0 Å². The van der Waals surface area contributed by atoms with Crippen molar-refractivity contribution in [1.82, 2.24) is 0 Å². The maximum absolute atomic E-state index is 13.0. The minimum absolute atomic E-state index is 0.170. The number of fused-ring (bicyclic) bond motifs is 2. The lowest BCUT2D eigenvalue weighted by Crippen LogP contribution is -2.46. The molecule has 0 bridgehead atoms. The van der Waals surface area contributed by atoms with Gasteiger partial charge >= 0.3 is 5.97 Å². The van der Waals surface area contributed by atoms with E-state index in [-0.39, 0.29) is 24.6 Å². The van der Waals surface area contributed by atoms with Crippen LogP contribution in [0.15, 0.2) is 59.7 Å². The molecule has 2 aliphatic rings. The van der Waals surface area contributed by atoms with Crippen molar-refractivity contribution in [2.24, 2.45) is 5.10 Å². The fourth-order valence-electron chi connectivity index (χ4n) is 3.42. The van der Waals surface area contributed by atoms with Crippen molar-refractivity contribution in [2.75, 3.05) is 16.9 Å². The zero-order chi connectivity index (χ0) is 17.4. The monoisotopic (exact) mass is 335 g/mol. The molecule has 2 aliphatic heterocycles. The van der Waals surface area contributed by atoms with E-state index in [9.17, 15) is 9.59 Å². The number of hydrogen-bond acceptors (Lipinski definition) is 5. The lowest BCUT2D eigenvalue weighted by atomic mass is 9.86. The first-order valence-corrected chi connectivity index (χ1v) is 8.17.